The maximum Gasteiger partial charge on any atom is 0.305 e. The summed E-state index contributed by atoms with van der Waals surface area (Å²) in [4.78, 5) is 38.0. The van der Waals surface area contributed by atoms with E-state index in [0.29, 0.717) is 46.0 Å². The lowest BCUT2D eigenvalue weighted by Crippen LogP contribution is -2.43. The average molecular weight is 579 g/mol. The number of carbonyl (C=O) groups is 3. The maximum absolute atomic E-state index is 13.0. The predicted octanol–water partition coefficient (Wildman–Crippen LogP) is 5.36. The lowest BCUT2D eigenvalue weighted by molar-refractivity contribution is -0.123. The van der Waals surface area contributed by atoms with E-state index in [2.05, 4.69) is 21.4 Å². The summed E-state index contributed by atoms with van der Waals surface area (Å²) in [5, 5.41) is 6.88. The minimum Gasteiger partial charge on any atom is -0.482 e. The van der Waals surface area contributed by atoms with Crippen LogP contribution in [0.25, 0.3) is 10.8 Å². The van der Waals surface area contributed by atoms with Crippen molar-refractivity contribution in [2.24, 2.45) is 5.10 Å². The fourth-order valence-electron chi connectivity index (χ4n) is 4.55. The highest BCUT2D eigenvalue weighted by atomic mass is 35.5. The molecule has 4 aromatic rings. The fourth-order valence-corrected chi connectivity index (χ4v) is 5.02. The number of ether oxygens (including phenoxy) is 1. The first-order valence-electron chi connectivity index (χ1n) is 12.5. The molecule has 204 valence electrons. The molecule has 3 amide bonds. The van der Waals surface area contributed by atoms with Crippen LogP contribution in [0.5, 0.6) is 5.75 Å². The molecule has 0 bridgehead atoms. The normalized spacial score (nSPS) is 13.5. The quantitative estimate of drug-likeness (QED) is 0.266. The van der Waals surface area contributed by atoms with Crippen molar-refractivity contribution in [2.75, 3.05) is 6.61 Å². The Balaban J connectivity index is 1.24. The Kier molecular flexibility index (Phi) is 8.04. The number of hydrazone groups is 1. The van der Waals surface area contributed by atoms with E-state index in [-0.39, 0.29) is 29.0 Å². The van der Waals surface area contributed by atoms with Crippen molar-refractivity contribution in [1.82, 2.24) is 16.3 Å². The number of rotatable bonds is 6. The summed E-state index contributed by atoms with van der Waals surface area (Å²) < 4.78 is 11.2. The van der Waals surface area contributed by atoms with E-state index in [4.69, 9.17) is 32.4 Å². The number of carbonyl (C=O) groups excluding carboxylic acids is 3. The topological polar surface area (TPSA) is 122 Å². The fraction of sp³-hybridized carbons (Fsp3) is 0.172. The Bertz CT molecular complexity index is 1660. The van der Waals surface area contributed by atoms with Gasteiger partial charge in [-0.15, -0.1) is 0 Å². The van der Waals surface area contributed by atoms with Gasteiger partial charge >= 0.3 is 5.91 Å². The number of nitrogens with zero attached hydrogens (tertiary/aromatic N) is 1. The second kappa shape index (κ2) is 11.8. The van der Waals surface area contributed by atoms with Gasteiger partial charge in [0.05, 0.1) is 10.7 Å². The van der Waals surface area contributed by atoms with Crippen molar-refractivity contribution in [2.45, 2.75) is 26.2 Å². The van der Waals surface area contributed by atoms with Gasteiger partial charge in [0, 0.05) is 28.1 Å². The number of amides is 3. The molecule has 1 aromatic heterocycles. The largest absolute Gasteiger partial charge is 0.482 e. The van der Waals surface area contributed by atoms with Crippen molar-refractivity contribution in [1.29, 1.82) is 0 Å². The van der Waals surface area contributed by atoms with E-state index in [1.165, 1.54) is 12.1 Å². The number of hydrogen-bond acceptors (Lipinski definition) is 6. The minimum atomic E-state index is -0.635. The van der Waals surface area contributed by atoms with E-state index in [9.17, 15) is 14.4 Å². The molecule has 1 heterocycles. The molecule has 0 fully saturated rings. The van der Waals surface area contributed by atoms with Gasteiger partial charge in [-0.25, -0.2) is 5.43 Å². The number of fused-ring (bicyclic) bond motifs is 2. The molecule has 0 aliphatic heterocycles. The molecule has 3 N–H and O–H groups in total. The first-order valence-corrected chi connectivity index (χ1v) is 13.2. The molecule has 1 aliphatic carbocycles. The van der Waals surface area contributed by atoms with E-state index >= 15 is 0 Å². The number of benzene rings is 3. The summed E-state index contributed by atoms with van der Waals surface area (Å²) in [5.41, 5.74) is 9.66. The molecule has 0 spiro atoms. The van der Waals surface area contributed by atoms with Gasteiger partial charge in [0.1, 0.15) is 11.5 Å². The van der Waals surface area contributed by atoms with E-state index in [1.54, 1.807) is 19.1 Å². The first-order chi connectivity index (χ1) is 19.3. The summed E-state index contributed by atoms with van der Waals surface area (Å²) in [6.45, 7) is 1.35. The molecule has 1 aliphatic rings. The highest BCUT2D eigenvalue weighted by Crippen LogP contribution is 2.30. The second-order valence-corrected chi connectivity index (χ2v) is 9.94. The van der Waals surface area contributed by atoms with E-state index < -0.39 is 11.8 Å². The Labute approximate surface area is 239 Å². The van der Waals surface area contributed by atoms with E-state index in [0.717, 1.165) is 17.2 Å². The average Bonchev–Trinajstić information content (AvgIpc) is 3.30. The van der Waals surface area contributed by atoms with Crippen LogP contribution in [0.3, 0.4) is 0 Å². The molecule has 3 aromatic carbocycles. The van der Waals surface area contributed by atoms with Gasteiger partial charge in [-0.1, -0.05) is 59.6 Å². The van der Waals surface area contributed by atoms with Crippen LogP contribution in [0.1, 0.15) is 50.6 Å². The van der Waals surface area contributed by atoms with Crippen LogP contribution in [0, 0.1) is 6.92 Å². The Hall–Kier alpha value is -4.34. The summed E-state index contributed by atoms with van der Waals surface area (Å²) in [6.07, 6.45) is 1.96. The molecule has 0 atom stereocenters. The number of furan rings is 1. The number of halogens is 2. The van der Waals surface area contributed by atoms with Crippen molar-refractivity contribution in [3.63, 3.8) is 0 Å². The summed E-state index contributed by atoms with van der Waals surface area (Å²) in [7, 11) is 0. The van der Waals surface area contributed by atoms with Crippen molar-refractivity contribution < 1.29 is 23.5 Å². The van der Waals surface area contributed by atoms with Gasteiger partial charge in [-0.2, -0.15) is 5.10 Å². The monoisotopic (exact) mass is 578 g/mol. The highest BCUT2D eigenvalue weighted by Gasteiger charge is 2.28. The smallest absolute Gasteiger partial charge is 0.305 e. The Morgan fingerprint density at radius 2 is 1.77 bits per heavy atom. The van der Waals surface area contributed by atoms with Gasteiger partial charge in [-0.3, -0.25) is 25.2 Å². The number of nitrogens with one attached hydrogen (secondary N) is 3. The van der Waals surface area contributed by atoms with Gasteiger partial charge in [-0.05, 0) is 54.8 Å². The summed E-state index contributed by atoms with van der Waals surface area (Å²) >= 11 is 11.9. The van der Waals surface area contributed by atoms with Crippen LogP contribution in [0.15, 0.2) is 70.2 Å². The molecule has 0 radical (unpaired) electrons. The van der Waals surface area contributed by atoms with Gasteiger partial charge < -0.3 is 9.15 Å². The van der Waals surface area contributed by atoms with Gasteiger partial charge in [0.25, 0.3) is 11.8 Å². The summed E-state index contributed by atoms with van der Waals surface area (Å²) in [6, 6.07) is 17.8. The number of hydrazine groups is 1. The van der Waals surface area contributed by atoms with Crippen LogP contribution in [-0.4, -0.2) is 30.0 Å². The zero-order valence-corrected chi connectivity index (χ0v) is 22.9. The molecule has 5 rings (SSSR count). The minimum absolute atomic E-state index is 0.0435. The Morgan fingerprint density at radius 3 is 2.60 bits per heavy atom. The van der Waals surface area contributed by atoms with Crippen LogP contribution >= 0.6 is 23.2 Å². The lowest BCUT2D eigenvalue weighted by Gasteiger charge is -2.13. The second-order valence-electron chi connectivity index (χ2n) is 9.10. The standard InChI is InChI=1S/C29H24Cl2N4O5/c1-16-26-22(32-34-28(37)20-9-4-7-17-6-2-3-8-19(17)20)10-5-11-24(26)40-27(16)29(38)35-33-25(36)15-39-23-13-12-18(30)14-21(23)31/h2-4,6-9,12-14H,5,10-11,15H2,1H3,(H,33,36)(H,34,37)(H,35,38)/b32-22+. The SMILES string of the molecule is Cc1c(C(=O)NNC(=O)COc2ccc(Cl)cc2Cl)oc2c1/C(=N/NC(=O)c1cccc3ccccc13)CCC2. The molecule has 9 nitrogen and oxygen atoms in total. The molecule has 11 heteroatoms. The van der Waals surface area contributed by atoms with Crippen molar-refractivity contribution >= 4 is 57.4 Å². The van der Waals surface area contributed by atoms with Gasteiger partial charge in [0.15, 0.2) is 12.4 Å². The van der Waals surface area contributed by atoms with Crippen LogP contribution in [-0.2, 0) is 11.2 Å². The van der Waals surface area contributed by atoms with Crippen molar-refractivity contribution in [3.05, 3.63) is 98.9 Å². The van der Waals surface area contributed by atoms with Crippen LogP contribution < -0.4 is 21.0 Å². The molecule has 0 saturated heterocycles. The zero-order chi connectivity index (χ0) is 28.2. The van der Waals surface area contributed by atoms with E-state index in [1.807, 2.05) is 36.4 Å². The molecular weight excluding hydrogens is 555 g/mol. The highest BCUT2D eigenvalue weighted by molar-refractivity contribution is 6.35. The van der Waals surface area contributed by atoms with Gasteiger partial charge in [0.2, 0.25) is 0 Å². The van der Waals surface area contributed by atoms with Crippen molar-refractivity contribution in [3.8, 4) is 5.75 Å². The Morgan fingerprint density at radius 1 is 0.975 bits per heavy atom. The predicted molar refractivity (Wildman–Crippen MR) is 152 cm³/mol. The maximum atomic E-state index is 13.0. The lowest BCUT2D eigenvalue weighted by atomic mass is 9.93. The molecule has 0 saturated carbocycles. The number of aryl methyl sites for hydroxylation is 1. The summed E-state index contributed by atoms with van der Waals surface area (Å²) in [5.74, 6) is -0.654. The number of hydrogen-bond donors (Lipinski definition) is 3. The van der Waals surface area contributed by atoms with Crippen LogP contribution in [0.4, 0.5) is 0 Å². The molecular formula is C29H24Cl2N4O5. The third-order valence-electron chi connectivity index (χ3n) is 6.43. The first kappa shape index (κ1) is 27.2. The van der Waals surface area contributed by atoms with Crippen LogP contribution in [0.2, 0.25) is 10.0 Å². The molecule has 0 unspecified atom stereocenters. The zero-order valence-electron chi connectivity index (χ0n) is 21.3. The molecule has 40 heavy (non-hydrogen) atoms. The third kappa shape index (κ3) is 5.80. The third-order valence-corrected chi connectivity index (χ3v) is 6.96.